The highest BCUT2D eigenvalue weighted by Crippen LogP contribution is 2.50. The second-order valence-electron chi connectivity index (χ2n) is 8.19. The lowest BCUT2D eigenvalue weighted by molar-refractivity contribution is -0.127. The van der Waals surface area contributed by atoms with Gasteiger partial charge in [-0.15, -0.1) is 0 Å². The maximum Gasteiger partial charge on any atom is 0.251 e. The highest BCUT2D eigenvalue weighted by Gasteiger charge is 2.48. The number of hydrogen-bond acceptors (Lipinski definition) is 1. The minimum absolute atomic E-state index is 0.129. The molecule has 0 aliphatic heterocycles. The lowest BCUT2D eigenvalue weighted by atomic mass is 9.66. The van der Waals surface area contributed by atoms with Crippen molar-refractivity contribution in [2.24, 2.45) is 17.8 Å². The van der Waals surface area contributed by atoms with Crippen LogP contribution in [0.15, 0.2) is 24.3 Å². The van der Waals surface area contributed by atoms with Crippen LogP contribution < -0.4 is 4.74 Å². The molecule has 140 valence electrons. The Balaban J connectivity index is 1.56. The molecule has 2 atom stereocenters. The van der Waals surface area contributed by atoms with E-state index in [-0.39, 0.29) is 24.2 Å². The summed E-state index contributed by atoms with van der Waals surface area (Å²) in [4.78, 5) is 0. The molecule has 1 nitrogen and oxygen atoms in total. The molecule has 0 spiro atoms. The summed E-state index contributed by atoms with van der Waals surface area (Å²) >= 11 is 0. The Kier molecular flexibility index (Phi) is 6.01. The molecule has 0 saturated heterocycles. The first-order chi connectivity index (χ1) is 12.0. The Morgan fingerprint density at radius 1 is 1.00 bits per heavy atom. The van der Waals surface area contributed by atoms with Crippen LogP contribution in [0.1, 0.15) is 76.2 Å². The van der Waals surface area contributed by atoms with Gasteiger partial charge in [0.1, 0.15) is 5.75 Å². The van der Waals surface area contributed by atoms with Crippen LogP contribution in [0.25, 0.3) is 0 Å². The van der Waals surface area contributed by atoms with Crippen molar-refractivity contribution in [3.63, 3.8) is 0 Å². The van der Waals surface area contributed by atoms with Gasteiger partial charge in [0, 0.05) is 12.3 Å². The lowest BCUT2D eigenvalue weighted by Gasteiger charge is -2.42. The highest BCUT2D eigenvalue weighted by molar-refractivity contribution is 5.29. The van der Waals surface area contributed by atoms with E-state index in [0.717, 1.165) is 57.1 Å². The molecule has 2 saturated carbocycles. The number of rotatable bonds is 5. The molecule has 3 heteroatoms. The fourth-order valence-electron chi connectivity index (χ4n) is 5.23. The predicted octanol–water partition coefficient (Wildman–Crippen LogP) is 6.82. The van der Waals surface area contributed by atoms with Gasteiger partial charge >= 0.3 is 0 Å². The van der Waals surface area contributed by atoms with Gasteiger partial charge in [-0.3, -0.25) is 0 Å². The molecule has 0 radical (unpaired) electrons. The van der Waals surface area contributed by atoms with Crippen molar-refractivity contribution in [1.29, 1.82) is 0 Å². The van der Waals surface area contributed by atoms with Crippen molar-refractivity contribution in [3.8, 4) is 5.75 Å². The third-order valence-electron chi connectivity index (χ3n) is 6.61. The van der Waals surface area contributed by atoms with Gasteiger partial charge in [-0.2, -0.15) is 0 Å². The summed E-state index contributed by atoms with van der Waals surface area (Å²) in [6.07, 6.45) is 7.85. The third-order valence-corrected chi connectivity index (χ3v) is 6.61. The number of hydrogen-bond donors (Lipinski definition) is 0. The lowest BCUT2D eigenvalue weighted by Crippen LogP contribution is -2.41. The Hall–Kier alpha value is -1.12. The van der Waals surface area contributed by atoms with E-state index in [4.69, 9.17) is 4.74 Å². The molecular weight excluding hydrogens is 318 g/mol. The average molecular weight is 350 g/mol. The highest BCUT2D eigenvalue weighted by atomic mass is 19.3. The molecule has 3 rings (SSSR count). The van der Waals surface area contributed by atoms with Gasteiger partial charge in [0.05, 0.1) is 7.11 Å². The number of benzene rings is 1. The standard InChI is InChI=1S/C22H32F2O/c1-3-4-16-5-14-21(22(23,24)15-16)19-8-6-17(7-9-19)18-10-12-20(25-2)13-11-18/h10-13,16-17,19,21H,3-9,14-15H2,1-2H3. The van der Waals surface area contributed by atoms with E-state index < -0.39 is 5.92 Å². The summed E-state index contributed by atoms with van der Waals surface area (Å²) < 4.78 is 34.7. The van der Waals surface area contributed by atoms with E-state index in [0.29, 0.717) is 5.92 Å². The number of alkyl halides is 2. The maximum absolute atomic E-state index is 14.7. The molecule has 2 unspecified atom stereocenters. The molecule has 0 heterocycles. The molecule has 0 bridgehead atoms. The minimum atomic E-state index is -2.45. The van der Waals surface area contributed by atoms with Gasteiger partial charge in [-0.05, 0) is 74.0 Å². The van der Waals surface area contributed by atoms with Crippen molar-refractivity contribution < 1.29 is 13.5 Å². The van der Waals surface area contributed by atoms with Gasteiger partial charge in [0.15, 0.2) is 0 Å². The van der Waals surface area contributed by atoms with E-state index in [2.05, 4.69) is 19.1 Å². The monoisotopic (exact) mass is 350 g/mol. The zero-order valence-corrected chi connectivity index (χ0v) is 15.6. The molecule has 2 aliphatic carbocycles. The van der Waals surface area contributed by atoms with Gasteiger partial charge in [0.25, 0.3) is 5.92 Å². The number of methoxy groups -OCH3 is 1. The van der Waals surface area contributed by atoms with E-state index in [1.54, 1.807) is 7.11 Å². The topological polar surface area (TPSA) is 9.23 Å². The predicted molar refractivity (Wildman–Crippen MR) is 98.4 cm³/mol. The molecule has 0 N–H and O–H groups in total. The zero-order chi connectivity index (χ0) is 17.9. The SMILES string of the molecule is CCCC1CCC(C2CCC(c3ccc(OC)cc3)CC2)C(F)(F)C1. The Labute approximate surface area is 151 Å². The Morgan fingerprint density at radius 2 is 1.68 bits per heavy atom. The summed E-state index contributed by atoms with van der Waals surface area (Å²) in [7, 11) is 1.68. The second-order valence-corrected chi connectivity index (χ2v) is 8.19. The summed E-state index contributed by atoms with van der Waals surface area (Å²) in [6.45, 7) is 2.10. The fraction of sp³-hybridized carbons (Fsp3) is 0.727. The smallest absolute Gasteiger partial charge is 0.251 e. The van der Waals surface area contributed by atoms with Crippen molar-refractivity contribution in [2.75, 3.05) is 7.11 Å². The molecule has 2 aliphatic rings. The number of ether oxygens (including phenoxy) is 1. The average Bonchev–Trinajstić information content (AvgIpc) is 2.62. The molecule has 25 heavy (non-hydrogen) atoms. The van der Waals surface area contributed by atoms with Gasteiger partial charge in [-0.25, -0.2) is 8.78 Å². The van der Waals surface area contributed by atoms with E-state index >= 15 is 0 Å². The van der Waals surface area contributed by atoms with Crippen molar-refractivity contribution in [3.05, 3.63) is 29.8 Å². The van der Waals surface area contributed by atoms with Gasteiger partial charge in [0.2, 0.25) is 0 Å². The minimum Gasteiger partial charge on any atom is -0.497 e. The van der Waals surface area contributed by atoms with Crippen LogP contribution in [0, 0.1) is 17.8 Å². The molecule has 2 fully saturated rings. The van der Waals surface area contributed by atoms with Gasteiger partial charge < -0.3 is 4.74 Å². The van der Waals surface area contributed by atoms with Crippen LogP contribution in [0.5, 0.6) is 5.75 Å². The molecular formula is C22H32F2O. The summed E-state index contributed by atoms with van der Waals surface area (Å²) in [5.74, 6) is -0.972. The first kappa shape index (κ1) is 18.7. The van der Waals surface area contributed by atoms with Crippen LogP contribution >= 0.6 is 0 Å². The largest absolute Gasteiger partial charge is 0.497 e. The van der Waals surface area contributed by atoms with E-state index in [1.807, 2.05) is 12.1 Å². The van der Waals surface area contributed by atoms with Gasteiger partial charge in [-0.1, -0.05) is 31.9 Å². The van der Waals surface area contributed by atoms with Crippen LogP contribution in [0.2, 0.25) is 0 Å². The van der Waals surface area contributed by atoms with Crippen LogP contribution in [-0.2, 0) is 0 Å². The third kappa shape index (κ3) is 4.35. The summed E-state index contributed by atoms with van der Waals surface area (Å²) in [5.41, 5.74) is 1.33. The fourth-order valence-corrected chi connectivity index (χ4v) is 5.23. The maximum atomic E-state index is 14.7. The second kappa shape index (κ2) is 8.05. The first-order valence-corrected chi connectivity index (χ1v) is 10.0. The van der Waals surface area contributed by atoms with Crippen LogP contribution in [0.3, 0.4) is 0 Å². The molecule has 1 aromatic rings. The van der Waals surface area contributed by atoms with Crippen molar-refractivity contribution in [2.45, 2.75) is 76.6 Å². The van der Waals surface area contributed by atoms with Crippen LogP contribution in [0.4, 0.5) is 8.78 Å². The molecule has 0 aromatic heterocycles. The molecule has 0 amide bonds. The van der Waals surface area contributed by atoms with Crippen molar-refractivity contribution in [1.82, 2.24) is 0 Å². The van der Waals surface area contributed by atoms with Crippen LogP contribution in [-0.4, -0.2) is 13.0 Å². The number of halogens is 2. The summed E-state index contributed by atoms with van der Waals surface area (Å²) in [6, 6.07) is 8.28. The first-order valence-electron chi connectivity index (χ1n) is 10.0. The molecule has 1 aromatic carbocycles. The zero-order valence-electron chi connectivity index (χ0n) is 15.6. The van der Waals surface area contributed by atoms with E-state index in [9.17, 15) is 8.78 Å². The quantitative estimate of drug-likeness (QED) is 0.566. The Bertz CT molecular complexity index is 531. The Morgan fingerprint density at radius 3 is 2.24 bits per heavy atom. The summed E-state index contributed by atoms with van der Waals surface area (Å²) in [5, 5.41) is 0. The normalized spacial score (nSPS) is 32.3. The van der Waals surface area contributed by atoms with Crippen molar-refractivity contribution >= 4 is 0 Å². The van der Waals surface area contributed by atoms with E-state index in [1.165, 1.54) is 5.56 Å².